The summed E-state index contributed by atoms with van der Waals surface area (Å²) in [7, 11) is 0. The minimum atomic E-state index is 0.620. The highest BCUT2D eigenvalue weighted by molar-refractivity contribution is 7.26. The summed E-state index contributed by atoms with van der Waals surface area (Å²) in [5.41, 5.74) is 0. The van der Waals surface area contributed by atoms with Crippen molar-refractivity contribution >= 4 is 32.1 Å². The number of fused-ring (bicyclic) bond motifs is 1. The van der Waals surface area contributed by atoms with Crippen LogP contribution in [0.4, 0.5) is 0 Å². The Balaban J connectivity index is 2.01. The molecule has 2 aromatic heterocycles. The van der Waals surface area contributed by atoms with E-state index in [4.69, 9.17) is 0 Å². The summed E-state index contributed by atoms with van der Waals surface area (Å²) >= 11 is 3.74. The highest BCUT2D eigenvalue weighted by Gasteiger charge is 2.03. The summed E-state index contributed by atoms with van der Waals surface area (Å²) in [4.78, 5) is 1.45. The quantitative estimate of drug-likeness (QED) is 0.833. The van der Waals surface area contributed by atoms with E-state index >= 15 is 0 Å². The number of thiophene rings is 2. The molecule has 2 rings (SSSR count). The molecule has 76 valence electrons. The Kier molecular flexibility index (Phi) is 3.21. The monoisotopic (exact) mass is 225 g/mol. The van der Waals surface area contributed by atoms with E-state index in [1.807, 2.05) is 22.7 Å². The summed E-state index contributed by atoms with van der Waals surface area (Å²) in [5, 5.41) is 5.67. The van der Waals surface area contributed by atoms with Crippen molar-refractivity contribution in [2.24, 2.45) is 0 Å². The lowest BCUT2D eigenvalue weighted by Gasteiger charge is -2.09. The maximum Gasteiger partial charge on any atom is 0.0453 e. The van der Waals surface area contributed by atoms with Crippen LogP contribution in [0.2, 0.25) is 0 Å². The van der Waals surface area contributed by atoms with Gasteiger partial charge in [-0.25, -0.2) is 0 Å². The Morgan fingerprint density at radius 2 is 2.29 bits per heavy atom. The Morgan fingerprint density at radius 3 is 3.00 bits per heavy atom. The highest BCUT2D eigenvalue weighted by Crippen LogP contribution is 2.29. The molecule has 2 aromatic rings. The van der Waals surface area contributed by atoms with Crippen LogP contribution in [0.5, 0.6) is 0 Å². The van der Waals surface area contributed by atoms with E-state index in [1.54, 1.807) is 0 Å². The van der Waals surface area contributed by atoms with Gasteiger partial charge in [0, 0.05) is 26.9 Å². The van der Waals surface area contributed by atoms with E-state index < -0.39 is 0 Å². The first-order chi connectivity index (χ1) is 6.79. The zero-order valence-corrected chi connectivity index (χ0v) is 10.2. The van der Waals surface area contributed by atoms with Crippen LogP contribution in [0.3, 0.4) is 0 Å². The first kappa shape index (κ1) is 10.1. The molecule has 0 aliphatic heterocycles. The number of nitrogens with one attached hydrogen (secondary N) is 1. The van der Waals surface area contributed by atoms with Gasteiger partial charge in [0.05, 0.1) is 0 Å². The first-order valence-electron chi connectivity index (χ1n) is 4.99. The molecule has 2 heterocycles. The second-order valence-corrected chi connectivity index (χ2v) is 5.67. The standard InChI is InChI=1S/C11H15NS2/c1-3-8(2)12-7-9-6-11-10(14-9)4-5-13-11/h4-6,8,12H,3,7H2,1-2H3. The maximum absolute atomic E-state index is 3.51. The molecule has 0 bridgehead atoms. The highest BCUT2D eigenvalue weighted by atomic mass is 32.1. The van der Waals surface area contributed by atoms with Crippen LogP contribution < -0.4 is 5.32 Å². The van der Waals surface area contributed by atoms with Crippen LogP contribution in [0.15, 0.2) is 17.5 Å². The molecule has 0 fully saturated rings. The predicted octanol–water partition coefficient (Wildman–Crippen LogP) is 3.85. The van der Waals surface area contributed by atoms with Gasteiger partial charge in [-0.1, -0.05) is 6.92 Å². The third-order valence-corrected chi connectivity index (χ3v) is 4.52. The Morgan fingerprint density at radius 1 is 1.43 bits per heavy atom. The van der Waals surface area contributed by atoms with Crippen molar-refractivity contribution < 1.29 is 0 Å². The van der Waals surface area contributed by atoms with Gasteiger partial charge in [-0.05, 0) is 30.9 Å². The van der Waals surface area contributed by atoms with Crippen LogP contribution in [-0.2, 0) is 6.54 Å². The molecule has 1 unspecified atom stereocenters. The summed E-state index contributed by atoms with van der Waals surface area (Å²) in [6.45, 7) is 5.46. The van der Waals surface area contributed by atoms with Crippen molar-refractivity contribution in [1.82, 2.24) is 5.32 Å². The van der Waals surface area contributed by atoms with Gasteiger partial charge in [-0.3, -0.25) is 0 Å². The Bertz CT molecular complexity index is 373. The molecule has 0 radical (unpaired) electrons. The summed E-state index contributed by atoms with van der Waals surface area (Å²) in [5.74, 6) is 0. The van der Waals surface area contributed by atoms with Gasteiger partial charge in [-0.2, -0.15) is 0 Å². The van der Waals surface area contributed by atoms with Crippen LogP contribution in [0.1, 0.15) is 25.1 Å². The third kappa shape index (κ3) is 2.16. The Hall–Kier alpha value is -0.380. The zero-order valence-electron chi connectivity index (χ0n) is 8.54. The first-order valence-corrected chi connectivity index (χ1v) is 6.68. The van der Waals surface area contributed by atoms with Crippen molar-refractivity contribution in [2.45, 2.75) is 32.9 Å². The van der Waals surface area contributed by atoms with Crippen molar-refractivity contribution in [3.8, 4) is 0 Å². The molecule has 0 aliphatic carbocycles. The van der Waals surface area contributed by atoms with Crippen LogP contribution in [-0.4, -0.2) is 6.04 Å². The van der Waals surface area contributed by atoms with E-state index in [0.717, 1.165) is 6.54 Å². The van der Waals surface area contributed by atoms with Gasteiger partial charge in [0.2, 0.25) is 0 Å². The molecular weight excluding hydrogens is 210 g/mol. The van der Waals surface area contributed by atoms with E-state index in [1.165, 1.54) is 20.7 Å². The van der Waals surface area contributed by atoms with Crippen LogP contribution in [0.25, 0.3) is 9.40 Å². The summed E-state index contributed by atoms with van der Waals surface area (Å²) < 4.78 is 2.85. The molecule has 0 amide bonds. The molecule has 1 N–H and O–H groups in total. The molecule has 14 heavy (non-hydrogen) atoms. The van der Waals surface area contributed by atoms with Gasteiger partial charge in [0.15, 0.2) is 0 Å². The van der Waals surface area contributed by atoms with E-state index in [-0.39, 0.29) is 0 Å². The van der Waals surface area contributed by atoms with Gasteiger partial charge in [-0.15, -0.1) is 22.7 Å². The van der Waals surface area contributed by atoms with E-state index in [0.29, 0.717) is 6.04 Å². The zero-order chi connectivity index (χ0) is 9.97. The minimum absolute atomic E-state index is 0.620. The predicted molar refractivity (Wildman–Crippen MR) is 66.3 cm³/mol. The molecule has 1 nitrogen and oxygen atoms in total. The number of hydrogen-bond acceptors (Lipinski definition) is 3. The lowest BCUT2D eigenvalue weighted by Crippen LogP contribution is -2.23. The average molecular weight is 225 g/mol. The topological polar surface area (TPSA) is 12.0 Å². The SMILES string of the molecule is CCC(C)NCc1cc2sccc2s1. The van der Waals surface area contributed by atoms with Gasteiger partial charge < -0.3 is 5.32 Å². The van der Waals surface area contributed by atoms with Gasteiger partial charge in [0.1, 0.15) is 0 Å². The lowest BCUT2D eigenvalue weighted by atomic mass is 10.2. The van der Waals surface area contributed by atoms with Crippen molar-refractivity contribution in [3.63, 3.8) is 0 Å². The normalized spacial score (nSPS) is 13.6. The smallest absolute Gasteiger partial charge is 0.0453 e. The fourth-order valence-corrected chi connectivity index (χ4v) is 3.41. The van der Waals surface area contributed by atoms with E-state index in [2.05, 4.69) is 36.7 Å². The second kappa shape index (κ2) is 4.43. The second-order valence-electron chi connectivity index (χ2n) is 3.55. The number of hydrogen-bond donors (Lipinski definition) is 1. The van der Waals surface area contributed by atoms with Crippen molar-refractivity contribution in [3.05, 3.63) is 22.4 Å². The molecule has 0 aliphatic rings. The van der Waals surface area contributed by atoms with Gasteiger partial charge in [0.25, 0.3) is 0 Å². The molecular formula is C11H15NS2. The van der Waals surface area contributed by atoms with Crippen LogP contribution >= 0.6 is 22.7 Å². The molecule has 0 saturated heterocycles. The van der Waals surface area contributed by atoms with Crippen LogP contribution in [0, 0.1) is 0 Å². The molecule has 1 atom stereocenters. The minimum Gasteiger partial charge on any atom is -0.309 e. The fourth-order valence-electron chi connectivity index (χ4n) is 1.32. The van der Waals surface area contributed by atoms with Crippen molar-refractivity contribution in [2.75, 3.05) is 0 Å². The molecule has 0 saturated carbocycles. The molecule has 0 spiro atoms. The summed E-state index contributed by atoms with van der Waals surface area (Å²) in [6.07, 6.45) is 1.19. The maximum atomic E-state index is 3.51. The van der Waals surface area contributed by atoms with E-state index in [9.17, 15) is 0 Å². The molecule has 0 aromatic carbocycles. The average Bonchev–Trinajstić information content (AvgIpc) is 2.73. The van der Waals surface area contributed by atoms with Crippen molar-refractivity contribution in [1.29, 1.82) is 0 Å². The van der Waals surface area contributed by atoms with Gasteiger partial charge >= 0.3 is 0 Å². The summed E-state index contributed by atoms with van der Waals surface area (Å²) in [6, 6.07) is 5.13. The number of rotatable bonds is 4. The Labute approximate surface area is 92.8 Å². The lowest BCUT2D eigenvalue weighted by molar-refractivity contribution is 0.537. The molecule has 3 heteroatoms. The largest absolute Gasteiger partial charge is 0.309 e. The third-order valence-electron chi connectivity index (χ3n) is 2.43. The fraction of sp³-hybridized carbons (Fsp3) is 0.455.